The second kappa shape index (κ2) is 9.73. The number of amides is 1. The molecule has 1 saturated carbocycles. The molecule has 1 aliphatic rings. The maximum absolute atomic E-state index is 12.9. The summed E-state index contributed by atoms with van der Waals surface area (Å²) >= 11 is 1.42. The summed E-state index contributed by atoms with van der Waals surface area (Å²) in [4.78, 5) is 12.9. The van der Waals surface area contributed by atoms with Crippen molar-refractivity contribution >= 4 is 23.9 Å². The number of rotatable bonds is 7. The Hall–Kier alpha value is -2.87. The van der Waals surface area contributed by atoms with Crippen molar-refractivity contribution in [1.29, 1.82) is 0 Å². The van der Waals surface area contributed by atoms with Crippen LogP contribution in [0.3, 0.4) is 0 Å². The Balaban J connectivity index is 1.57. The summed E-state index contributed by atoms with van der Waals surface area (Å²) in [5.41, 5.74) is 4.87. The molecule has 8 heteroatoms. The van der Waals surface area contributed by atoms with Crippen molar-refractivity contribution in [1.82, 2.24) is 20.2 Å². The van der Waals surface area contributed by atoms with E-state index < -0.39 is 4.75 Å². The number of aryl methyl sites for hydroxylation is 1. The number of thioether (sulfide) groups is 1. The molecule has 1 N–H and O–H groups in total. The highest BCUT2D eigenvalue weighted by molar-refractivity contribution is 8.01. The van der Waals surface area contributed by atoms with Crippen LogP contribution < -0.4 is 5.43 Å². The molecule has 4 rings (SSSR count). The first kappa shape index (κ1) is 22.3. The van der Waals surface area contributed by atoms with E-state index in [4.69, 9.17) is 4.42 Å². The number of hydrazone groups is 1. The van der Waals surface area contributed by atoms with E-state index in [9.17, 15) is 4.79 Å². The first-order valence-electron chi connectivity index (χ1n) is 11.0. The quantitative estimate of drug-likeness (QED) is 0.296. The largest absolute Gasteiger partial charge is 0.463 e. The van der Waals surface area contributed by atoms with Crippen LogP contribution in [0.1, 0.15) is 63.3 Å². The molecule has 0 saturated heterocycles. The van der Waals surface area contributed by atoms with Crippen molar-refractivity contribution in [3.8, 4) is 11.4 Å². The van der Waals surface area contributed by atoms with Crippen LogP contribution in [0.2, 0.25) is 0 Å². The number of benzene rings is 1. The zero-order valence-corrected chi connectivity index (χ0v) is 19.6. The third-order valence-corrected chi connectivity index (χ3v) is 6.87. The van der Waals surface area contributed by atoms with E-state index in [-0.39, 0.29) is 5.91 Å². The lowest BCUT2D eigenvalue weighted by Gasteiger charge is -2.27. The van der Waals surface area contributed by atoms with Gasteiger partial charge in [-0.1, -0.05) is 60.9 Å². The fourth-order valence-corrected chi connectivity index (χ4v) is 4.85. The van der Waals surface area contributed by atoms with Gasteiger partial charge in [0.05, 0.1) is 17.2 Å². The van der Waals surface area contributed by atoms with E-state index in [2.05, 4.69) is 56.5 Å². The van der Waals surface area contributed by atoms with Crippen molar-refractivity contribution in [3.05, 3.63) is 54.0 Å². The molecule has 0 atom stereocenters. The summed E-state index contributed by atoms with van der Waals surface area (Å²) < 4.78 is 6.66. The number of hydrogen-bond donors (Lipinski definition) is 1. The van der Waals surface area contributed by atoms with Gasteiger partial charge in [-0.3, -0.25) is 9.36 Å². The molecule has 7 nitrogen and oxygen atoms in total. The summed E-state index contributed by atoms with van der Waals surface area (Å²) in [7, 11) is 0. The second-order valence-corrected chi connectivity index (χ2v) is 10.3. The number of carbonyl (C=O) groups excluding carboxylic acids is 1. The zero-order chi connectivity index (χ0) is 22.6. The molecule has 1 aromatic carbocycles. The maximum atomic E-state index is 12.9. The lowest BCUT2D eigenvalue weighted by molar-refractivity contribution is -0.122. The van der Waals surface area contributed by atoms with Crippen LogP contribution in [-0.4, -0.2) is 31.6 Å². The van der Waals surface area contributed by atoms with Gasteiger partial charge in [-0.05, 0) is 45.7 Å². The minimum atomic E-state index is -0.787. The Bertz CT molecular complexity index is 1060. The van der Waals surface area contributed by atoms with Crippen LogP contribution in [0, 0.1) is 6.92 Å². The molecule has 2 heterocycles. The predicted molar refractivity (Wildman–Crippen MR) is 127 cm³/mol. The normalized spacial score (nSPS) is 15.3. The Morgan fingerprint density at radius 1 is 1.19 bits per heavy atom. The molecule has 0 radical (unpaired) electrons. The second-order valence-electron chi connectivity index (χ2n) is 8.66. The fourth-order valence-electron chi connectivity index (χ4n) is 3.84. The highest BCUT2D eigenvalue weighted by Crippen LogP contribution is 2.39. The molecule has 168 valence electrons. The van der Waals surface area contributed by atoms with Crippen molar-refractivity contribution in [2.75, 3.05) is 0 Å². The van der Waals surface area contributed by atoms with Gasteiger partial charge in [0.15, 0.2) is 11.0 Å². The first-order chi connectivity index (χ1) is 15.4. The van der Waals surface area contributed by atoms with Crippen LogP contribution in [0.4, 0.5) is 0 Å². The Morgan fingerprint density at radius 3 is 2.62 bits per heavy atom. The van der Waals surface area contributed by atoms with Crippen molar-refractivity contribution in [2.45, 2.75) is 68.8 Å². The molecule has 1 fully saturated rings. The topological polar surface area (TPSA) is 85.3 Å². The SMILES string of the molecule is Cc1ccc(-c2nnc(SC(C)(C)C(=O)N/N=C/c3ccco3)n2C2CCCCC2)cc1. The Labute approximate surface area is 192 Å². The summed E-state index contributed by atoms with van der Waals surface area (Å²) in [5.74, 6) is 1.24. The molecule has 0 unspecified atom stereocenters. The number of furan rings is 1. The number of nitrogens with one attached hydrogen (secondary N) is 1. The third-order valence-electron chi connectivity index (χ3n) is 5.71. The molecular weight excluding hydrogens is 422 g/mol. The molecule has 1 aliphatic carbocycles. The summed E-state index contributed by atoms with van der Waals surface area (Å²) in [6.45, 7) is 5.83. The van der Waals surface area contributed by atoms with Gasteiger partial charge in [0.25, 0.3) is 5.91 Å². The van der Waals surface area contributed by atoms with Gasteiger partial charge in [-0.2, -0.15) is 5.10 Å². The van der Waals surface area contributed by atoms with Gasteiger partial charge in [0.2, 0.25) is 0 Å². The van der Waals surface area contributed by atoms with E-state index in [1.165, 1.54) is 42.8 Å². The lowest BCUT2D eigenvalue weighted by Crippen LogP contribution is -2.37. The van der Waals surface area contributed by atoms with Gasteiger partial charge in [0.1, 0.15) is 5.76 Å². The molecule has 0 bridgehead atoms. The van der Waals surface area contributed by atoms with E-state index in [1.54, 1.807) is 18.4 Å². The van der Waals surface area contributed by atoms with E-state index in [0.717, 1.165) is 29.4 Å². The smallest absolute Gasteiger partial charge is 0.256 e. The number of hydrogen-bond acceptors (Lipinski definition) is 6. The number of nitrogens with zero attached hydrogens (tertiary/aromatic N) is 4. The van der Waals surface area contributed by atoms with Gasteiger partial charge < -0.3 is 4.42 Å². The molecule has 0 spiro atoms. The third kappa shape index (κ3) is 5.12. The van der Waals surface area contributed by atoms with Crippen molar-refractivity contribution in [3.63, 3.8) is 0 Å². The molecule has 2 aromatic heterocycles. The summed E-state index contributed by atoms with van der Waals surface area (Å²) in [5, 5.41) is 13.9. The lowest BCUT2D eigenvalue weighted by atomic mass is 9.95. The van der Waals surface area contributed by atoms with Crippen LogP contribution in [0.5, 0.6) is 0 Å². The summed E-state index contributed by atoms with van der Waals surface area (Å²) in [6.07, 6.45) is 8.92. The summed E-state index contributed by atoms with van der Waals surface area (Å²) in [6, 6.07) is 12.3. The number of aromatic nitrogens is 3. The molecule has 3 aromatic rings. The predicted octanol–water partition coefficient (Wildman–Crippen LogP) is 5.37. The van der Waals surface area contributed by atoms with Gasteiger partial charge in [-0.25, -0.2) is 5.43 Å². The highest BCUT2D eigenvalue weighted by Gasteiger charge is 2.33. The molecule has 32 heavy (non-hydrogen) atoms. The molecule has 1 amide bonds. The van der Waals surface area contributed by atoms with E-state index in [0.29, 0.717) is 11.8 Å². The highest BCUT2D eigenvalue weighted by atomic mass is 32.2. The minimum absolute atomic E-state index is 0.208. The zero-order valence-electron chi connectivity index (χ0n) is 18.7. The monoisotopic (exact) mass is 451 g/mol. The van der Waals surface area contributed by atoms with Gasteiger partial charge in [0, 0.05) is 11.6 Å². The van der Waals surface area contributed by atoms with E-state index >= 15 is 0 Å². The average molecular weight is 452 g/mol. The fraction of sp³-hybridized carbons (Fsp3) is 0.417. The van der Waals surface area contributed by atoms with Crippen LogP contribution >= 0.6 is 11.8 Å². The van der Waals surface area contributed by atoms with Crippen molar-refractivity contribution in [2.24, 2.45) is 5.10 Å². The van der Waals surface area contributed by atoms with Crippen LogP contribution in [-0.2, 0) is 4.79 Å². The standard InChI is InChI=1S/C24H29N5O2S/c1-17-11-13-18(14-12-17)21-26-28-23(29(21)19-8-5-4-6-9-19)32-24(2,3)22(30)27-25-16-20-10-7-15-31-20/h7,10-16,19H,4-6,8-9H2,1-3H3,(H,27,30)/b25-16+. The minimum Gasteiger partial charge on any atom is -0.463 e. The maximum Gasteiger partial charge on any atom is 0.256 e. The Kier molecular flexibility index (Phi) is 6.79. The van der Waals surface area contributed by atoms with Crippen molar-refractivity contribution < 1.29 is 9.21 Å². The van der Waals surface area contributed by atoms with Gasteiger partial charge >= 0.3 is 0 Å². The average Bonchev–Trinajstić information content (AvgIpc) is 3.45. The molecule has 0 aliphatic heterocycles. The van der Waals surface area contributed by atoms with Gasteiger partial charge in [-0.15, -0.1) is 10.2 Å². The van der Waals surface area contributed by atoms with Crippen LogP contribution in [0.25, 0.3) is 11.4 Å². The molecular formula is C24H29N5O2S. The number of carbonyl (C=O) groups is 1. The Morgan fingerprint density at radius 2 is 1.94 bits per heavy atom. The van der Waals surface area contributed by atoms with Crippen LogP contribution in [0.15, 0.2) is 57.3 Å². The van der Waals surface area contributed by atoms with E-state index in [1.807, 2.05) is 13.8 Å². The first-order valence-corrected chi connectivity index (χ1v) is 11.8.